The zero-order valence-corrected chi connectivity index (χ0v) is 18.3. The van der Waals surface area contributed by atoms with E-state index < -0.39 is 11.5 Å². The number of nitrogens with one attached hydrogen (secondary N) is 1. The number of hydrogen-bond donors (Lipinski definition) is 1. The van der Waals surface area contributed by atoms with Gasteiger partial charge in [-0.25, -0.2) is 4.79 Å². The standard InChI is InChI=1S/C22H28N4O5/c1-5-31-20(28)17-12-18-19(27)25(10-11-30-4)22(3,14-26(18)24-17)21(29)23-13-16-8-6-15(2)7-9-16/h6-9,12H,5,10-11,13-14H2,1-4H3,(H,23,29). The van der Waals surface area contributed by atoms with Gasteiger partial charge in [0.15, 0.2) is 5.69 Å². The molecule has 0 radical (unpaired) electrons. The maximum atomic E-state index is 13.3. The first-order valence-corrected chi connectivity index (χ1v) is 10.2. The fraction of sp³-hybridized carbons (Fsp3) is 0.455. The van der Waals surface area contributed by atoms with E-state index in [0.29, 0.717) is 6.54 Å². The molecule has 1 aliphatic rings. The van der Waals surface area contributed by atoms with E-state index in [0.717, 1.165) is 11.1 Å². The van der Waals surface area contributed by atoms with Crippen molar-refractivity contribution in [3.63, 3.8) is 0 Å². The van der Waals surface area contributed by atoms with Crippen molar-refractivity contribution in [2.24, 2.45) is 0 Å². The molecule has 9 nitrogen and oxygen atoms in total. The zero-order valence-electron chi connectivity index (χ0n) is 18.3. The highest BCUT2D eigenvalue weighted by atomic mass is 16.5. The van der Waals surface area contributed by atoms with Gasteiger partial charge in [-0.1, -0.05) is 29.8 Å². The number of nitrogens with zero attached hydrogens (tertiary/aromatic N) is 3. The predicted molar refractivity (Wildman–Crippen MR) is 113 cm³/mol. The van der Waals surface area contributed by atoms with Gasteiger partial charge < -0.3 is 19.7 Å². The van der Waals surface area contributed by atoms with Crippen LogP contribution in [0, 0.1) is 6.92 Å². The lowest BCUT2D eigenvalue weighted by Crippen LogP contribution is -2.64. The highest BCUT2D eigenvalue weighted by Crippen LogP contribution is 2.27. The molecule has 1 unspecified atom stereocenters. The molecule has 1 N–H and O–H groups in total. The quantitative estimate of drug-likeness (QED) is 0.640. The van der Waals surface area contributed by atoms with Crippen LogP contribution in [0.5, 0.6) is 0 Å². The number of hydrogen-bond acceptors (Lipinski definition) is 6. The fourth-order valence-electron chi connectivity index (χ4n) is 3.56. The van der Waals surface area contributed by atoms with Crippen LogP contribution < -0.4 is 5.32 Å². The van der Waals surface area contributed by atoms with Gasteiger partial charge in [0.1, 0.15) is 11.2 Å². The lowest BCUT2D eigenvalue weighted by molar-refractivity contribution is -0.133. The largest absolute Gasteiger partial charge is 0.461 e. The molecular weight excluding hydrogens is 400 g/mol. The number of rotatable bonds is 8. The summed E-state index contributed by atoms with van der Waals surface area (Å²) in [7, 11) is 1.53. The summed E-state index contributed by atoms with van der Waals surface area (Å²) in [6, 6.07) is 9.26. The molecule has 1 aromatic heterocycles. The summed E-state index contributed by atoms with van der Waals surface area (Å²) < 4.78 is 11.5. The van der Waals surface area contributed by atoms with E-state index in [9.17, 15) is 14.4 Å². The van der Waals surface area contributed by atoms with Crippen molar-refractivity contribution in [2.75, 3.05) is 26.9 Å². The van der Waals surface area contributed by atoms with Crippen molar-refractivity contribution in [1.29, 1.82) is 0 Å². The third-order valence-electron chi connectivity index (χ3n) is 5.36. The second-order valence-electron chi connectivity index (χ2n) is 7.68. The average molecular weight is 428 g/mol. The summed E-state index contributed by atoms with van der Waals surface area (Å²) >= 11 is 0. The first kappa shape index (κ1) is 22.5. The number of aryl methyl sites for hydroxylation is 1. The van der Waals surface area contributed by atoms with Crippen molar-refractivity contribution < 1.29 is 23.9 Å². The Morgan fingerprint density at radius 2 is 1.97 bits per heavy atom. The molecule has 1 aromatic carbocycles. The fourth-order valence-corrected chi connectivity index (χ4v) is 3.56. The molecule has 0 saturated heterocycles. The topological polar surface area (TPSA) is 103 Å². The summed E-state index contributed by atoms with van der Waals surface area (Å²) in [5, 5.41) is 7.15. The highest BCUT2D eigenvalue weighted by molar-refractivity contribution is 6.01. The van der Waals surface area contributed by atoms with Crippen LogP contribution >= 0.6 is 0 Å². The molecule has 1 atom stereocenters. The summed E-state index contributed by atoms with van der Waals surface area (Å²) in [5.41, 5.74) is 1.17. The minimum Gasteiger partial charge on any atom is -0.461 e. The van der Waals surface area contributed by atoms with Gasteiger partial charge in [-0.2, -0.15) is 5.10 Å². The van der Waals surface area contributed by atoms with Crippen LogP contribution in [0.1, 0.15) is 46.0 Å². The van der Waals surface area contributed by atoms with Crippen LogP contribution in [0.3, 0.4) is 0 Å². The van der Waals surface area contributed by atoms with Crippen LogP contribution in [0.2, 0.25) is 0 Å². The molecule has 166 valence electrons. The van der Waals surface area contributed by atoms with Crippen LogP contribution in [-0.2, 0) is 27.4 Å². The molecule has 9 heteroatoms. The maximum absolute atomic E-state index is 13.3. The number of fused-ring (bicyclic) bond motifs is 1. The molecule has 0 saturated carbocycles. The number of amides is 2. The van der Waals surface area contributed by atoms with Crippen molar-refractivity contribution in [3.8, 4) is 0 Å². The van der Waals surface area contributed by atoms with Crippen molar-refractivity contribution in [3.05, 3.63) is 52.8 Å². The molecular formula is C22H28N4O5. The van der Waals surface area contributed by atoms with E-state index in [1.807, 2.05) is 31.2 Å². The van der Waals surface area contributed by atoms with E-state index in [1.54, 1.807) is 13.8 Å². The monoisotopic (exact) mass is 428 g/mol. The summed E-state index contributed by atoms with van der Waals surface area (Å²) in [4.78, 5) is 40.0. The Morgan fingerprint density at radius 3 is 2.61 bits per heavy atom. The van der Waals surface area contributed by atoms with E-state index in [2.05, 4.69) is 10.4 Å². The van der Waals surface area contributed by atoms with Gasteiger partial charge in [0.25, 0.3) is 5.91 Å². The SMILES string of the molecule is CCOC(=O)c1cc2n(n1)CC(C)(C(=O)NCc1ccc(C)cc1)N(CCOC)C2=O. The molecule has 3 rings (SSSR count). The van der Waals surface area contributed by atoms with E-state index >= 15 is 0 Å². The van der Waals surface area contributed by atoms with Crippen molar-refractivity contribution in [1.82, 2.24) is 20.0 Å². The number of benzene rings is 1. The number of esters is 1. The first-order chi connectivity index (χ1) is 14.8. The number of aromatic nitrogens is 2. The van der Waals surface area contributed by atoms with E-state index in [-0.39, 0.29) is 49.5 Å². The lowest BCUT2D eigenvalue weighted by Gasteiger charge is -2.43. The van der Waals surface area contributed by atoms with Gasteiger partial charge >= 0.3 is 5.97 Å². The predicted octanol–water partition coefficient (Wildman–Crippen LogP) is 1.55. The number of carbonyl (C=O) groups excluding carboxylic acids is 3. The average Bonchev–Trinajstić information content (AvgIpc) is 3.17. The highest BCUT2D eigenvalue weighted by Gasteiger charge is 2.48. The molecule has 31 heavy (non-hydrogen) atoms. The second kappa shape index (κ2) is 9.30. The molecule has 0 aliphatic carbocycles. The molecule has 2 heterocycles. The maximum Gasteiger partial charge on any atom is 0.358 e. The summed E-state index contributed by atoms with van der Waals surface area (Å²) in [6.07, 6.45) is 0. The third-order valence-corrected chi connectivity index (χ3v) is 5.36. The van der Waals surface area contributed by atoms with Gasteiger partial charge in [-0.3, -0.25) is 14.3 Å². The van der Waals surface area contributed by atoms with E-state index in [4.69, 9.17) is 9.47 Å². The van der Waals surface area contributed by atoms with Crippen LogP contribution in [0.25, 0.3) is 0 Å². The van der Waals surface area contributed by atoms with Crippen molar-refractivity contribution >= 4 is 17.8 Å². The number of methoxy groups -OCH3 is 1. The molecule has 2 aromatic rings. The Morgan fingerprint density at radius 1 is 1.26 bits per heavy atom. The Bertz CT molecular complexity index is 969. The van der Waals surface area contributed by atoms with Gasteiger partial charge in [0.2, 0.25) is 5.91 Å². The number of carbonyl (C=O) groups is 3. The Kier molecular flexibility index (Phi) is 6.74. The Balaban J connectivity index is 1.86. The van der Waals surface area contributed by atoms with E-state index in [1.165, 1.54) is 22.8 Å². The molecule has 0 fully saturated rings. The Labute approximate surface area is 181 Å². The number of ether oxygens (including phenoxy) is 2. The van der Waals surface area contributed by atoms with Crippen molar-refractivity contribution in [2.45, 2.75) is 39.4 Å². The summed E-state index contributed by atoms with van der Waals surface area (Å²) in [5.74, 6) is -1.30. The molecule has 1 aliphatic heterocycles. The summed E-state index contributed by atoms with van der Waals surface area (Å²) in [6.45, 7) is 6.53. The third kappa shape index (κ3) is 4.61. The van der Waals surface area contributed by atoms with Gasteiger partial charge in [-0.15, -0.1) is 0 Å². The smallest absolute Gasteiger partial charge is 0.358 e. The van der Waals surface area contributed by atoms with Crippen LogP contribution in [-0.4, -0.2) is 64.9 Å². The zero-order chi connectivity index (χ0) is 22.6. The molecule has 2 amide bonds. The van der Waals surface area contributed by atoms with Gasteiger partial charge in [0.05, 0.1) is 19.8 Å². The minimum absolute atomic E-state index is 0.0428. The van der Waals surface area contributed by atoms with Crippen LogP contribution in [0.4, 0.5) is 0 Å². The first-order valence-electron chi connectivity index (χ1n) is 10.2. The molecule has 0 spiro atoms. The Hall–Kier alpha value is -3.20. The minimum atomic E-state index is -1.20. The van der Waals surface area contributed by atoms with Gasteiger partial charge in [-0.05, 0) is 26.3 Å². The second-order valence-corrected chi connectivity index (χ2v) is 7.68. The lowest BCUT2D eigenvalue weighted by atomic mass is 9.95. The van der Waals surface area contributed by atoms with Gasteiger partial charge in [0, 0.05) is 26.3 Å². The molecule has 0 bridgehead atoms. The normalized spacial score (nSPS) is 17.9. The van der Waals surface area contributed by atoms with Crippen LogP contribution in [0.15, 0.2) is 30.3 Å².